The zero-order valence-corrected chi connectivity index (χ0v) is 9.95. The van der Waals surface area contributed by atoms with Crippen LogP contribution in [0, 0.1) is 5.92 Å². The minimum absolute atomic E-state index is 0.187. The predicted octanol–water partition coefficient (Wildman–Crippen LogP) is 1.46. The lowest BCUT2D eigenvalue weighted by molar-refractivity contribution is 0.124. The Morgan fingerprint density at radius 2 is 2.20 bits per heavy atom. The third-order valence-electron chi connectivity index (χ3n) is 3.37. The van der Waals surface area contributed by atoms with Crippen molar-refractivity contribution in [2.75, 3.05) is 27.2 Å². The quantitative estimate of drug-likeness (QED) is 0.756. The molecule has 1 amide bonds. The molecule has 1 saturated heterocycles. The minimum Gasteiger partial charge on any atom is -0.453 e. The first-order chi connectivity index (χ1) is 7.19. The number of methoxy groups -OCH3 is 1. The summed E-state index contributed by atoms with van der Waals surface area (Å²) >= 11 is 0. The van der Waals surface area contributed by atoms with E-state index in [4.69, 9.17) is 4.74 Å². The van der Waals surface area contributed by atoms with E-state index >= 15 is 0 Å². The summed E-state index contributed by atoms with van der Waals surface area (Å²) in [6, 6.07) is 0.530. The monoisotopic (exact) mass is 214 g/mol. The molecule has 4 heteroatoms. The van der Waals surface area contributed by atoms with Gasteiger partial charge in [0, 0.05) is 19.1 Å². The fourth-order valence-electron chi connectivity index (χ4n) is 2.17. The van der Waals surface area contributed by atoms with Crippen LogP contribution in [-0.4, -0.2) is 44.3 Å². The van der Waals surface area contributed by atoms with Crippen LogP contribution in [-0.2, 0) is 4.74 Å². The molecular weight excluding hydrogens is 192 g/mol. The summed E-state index contributed by atoms with van der Waals surface area (Å²) in [7, 11) is 3.44. The van der Waals surface area contributed by atoms with E-state index in [1.807, 2.05) is 11.9 Å². The highest BCUT2D eigenvalue weighted by Gasteiger charge is 2.23. The summed E-state index contributed by atoms with van der Waals surface area (Å²) in [5, 5.41) is 3.29. The standard InChI is InChI=1S/C11H22N2O2/c1-9(12-2)10-5-4-7-13(8-6-10)11(14)15-3/h9-10,12H,4-8H2,1-3H3. The second kappa shape index (κ2) is 5.95. The third kappa shape index (κ3) is 3.38. The van der Waals surface area contributed by atoms with Crippen LogP contribution in [0.25, 0.3) is 0 Å². The lowest BCUT2D eigenvalue weighted by Crippen LogP contribution is -2.33. The molecule has 0 aromatic heterocycles. The Morgan fingerprint density at radius 3 is 2.80 bits per heavy atom. The molecule has 1 fully saturated rings. The van der Waals surface area contributed by atoms with Gasteiger partial charge in [0.15, 0.2) is 0 Å². The van der Waals surface area contributed by atoms with Crippen LogP contribution in [0.2, 0.25) is 0 Å². The maximum Gasteiger partial charge on any atom is 0.409 e. The normalized spacial score (nSPS) is 24.5. The van der Waals surface area contributed by atoms with E-state index in [1.54, 1.807) is 0 Å². The van der Waals surface area contributed by atoms with Gasteiger partial charge in [0.05, 0.1) is 7.11 Å². The Kier molecular flexibility index (Phi) is 4.88. The van der Waals surface area contributed by atoms with E-state index in [2.05, 4.69) is 12.2 Å². The third-order valence-corrected chi connectivity index (χ3v) is 3.37. The zero-order chi connectivity index (χ0) is 11.3. The predicted molar refractivity (Wildman–Crippen MR) is 59.8 cm³/mol. The SMILES string of the molecule is CNC(C)C1CCCN(C(=O)OC)CC1. The first-order valence-electron chi connectivity index (χ1n) is 5.69. The van der Waals surface area contributed by atoms with Crippen LogP contribution in [0.1, 0.15) is 26.2 Å². The molecule has 0 aliphatic carbocycles. The summed E-state index contributed by atoms with van der Waals surface area (Å²) in [4.78, 5) is 13.2. The average molecular weight is 214 g/mol. The molecule has 88 valence electrons. The number of hydrogen-bond donors (Lipinski definition) is 1. The topological polar surface area (TPSA) is 41.6 Å². The Morgan fingerprint density at radius 1 is 1.47 bits per heavy atom. The molecular formula is C11H22N2O2. The zero-order valence-electron chi connectivity index (χ0n) is 9.95. The molecule has 4 nitrogen and oxygen atoms in total. The van der Waals surface area contributed by atoms with Crippen molar-refractivity contribution in [3.8, 4) is 0 Å². The van der Waals surface area contributed by atoms with Gasteiger partial charge in [-0.05, 0) is 39.2 Å². The second-order valence-electron chi connectivity index (χ2n) is 4.23. The summed E-state index contributed by atoms with van der Waals surface area (Å²) in [6.07, 6.45) is 3.14. The fraction of sp³-hybridized carbons (Fsp3) is 0.909. The van der Waals surface area contributed by atoms with Crippen LogP contribution in [0.4, 0.5) is 4.79 Å². The number of ether oxygens (including phenoxy) is 1. The number of nitrogens with zero attached hydrogens (tertiary/aromatic N) is 1. The molecule has 0 radical (unpaired) electrons. The number of nitrogens with one attached hydrogen (secondary N) is 1. The number of likely N-dealkylation sites (tertiary alicyclic amines) is 1. The van der Waals surface area contributed by atoms with Crippen molar-refractivity contribution in [3.05, 3.63) is 0 Å². The number of carbonyl (C=O) groups is 1. The maximum atomic E-state index is 11.4. The molecule has 1 N–H and O–H groups in total. The molecule has 1 heterocycles. The molecule has 1 aliphatic rings. The van der Waals surface area contributed by atoms with E-state index in [1.165, 1.54) is 13.5 Å². The van der Waals surface area contributed by atoms with E-state index in [9.17, 15) is 4.79 Å². The smallest absolute Gasteiger partial charge is 0.409 e. The van der Waals surface area contributed by atoms with Crippen molar-refractivity contribution < 1.29 is 9.53 Å². The molecule has 0 aromatic rings. The molecule has 15 heavy (non-hydrogen) atoms. The Balaban J connectivity index is 2.45. The average Bonchev–Trinajstić information content (AvgIpc) is 2.52. The minimum atomic E-state index is -0.187. The lowest BCUT2D eigenvalue weighted by Gasteiger charge is -2.22. The number of rotatable bonds is 2. The van der Waals surface area contributed by atoms with Crippen LogP contribution >= 0.6 is 0 Å². The number of amides is 1. The fourth-order valence-corrected chi connectivity index (χ4v) is 2.17. The molecule has 0 aromatic carbocycles. The highest BCUT2D eigenvalue weighted by Crippen LogP contribution is 2.20. The molecule has 2 atom stereocenters. The van der Waals surface area contributed by atoms with Crippen molar-refractivity contribution in [2.24, 2.45) is 5.92 Å². The van der Waals surface area contributed by atoms with Crippen molar-refractivity contribution in [3.63, 3.8) is 0 Å². The maximum absolute atomic E-state index is 11.4. The van der Waals surface area contributed by atoms with Gasteiger partial charge in [-0.3, -0.25) is 0 Å². The van der Waals surface area contributed by atoms with Gasteiger partial charge in [-0.15, -0.1) is 0 Å². The second-order valence-corrected chi connectivity index (χ2v) is 4.23. The summed E-state index contributed by atoms with van der Waals surface area (Å²) in [5.41, 5.74) is 0. The Hall–Kier alpha value is -0.770. The molecule has 0 spiro atoms. The van der Waals surface area contributed by atoms with Gasteiger partial charge in [-0.25, -0.2) is 4.79 Å². The van der Waals surface area contributed by atoms with Gasteiger partial charge in [-0.2, -0.15) is 0 Å². The van der Waals surface area contributed by atoms with Gasteiger partial charge >= 0.3 is 6.09 Å². The first kappa shape index (κ1) is 12.3. The number of carbonyl (C=O) groups excluding carboxylic acids is 1. The molecule has 0 bridgehead atoms. The van der Waals surface area contributed by atoms with Gasteiger partial charge < -0.3 is 15.0 Å². The van der Waals surface area contributed by atoms with Crippen molar-refractivity contribution in [1.29, 1.82) is 0 Å². The molecule has 2 unspecified atom stereocenters. The van der Waals surface area contributed by atoms with Crippen LogP contribution < -0.4 is 5.32 Å². The summed E-state index contributed by atoms with van der Waals surface area (Å²) < 4.78 is 4.74. The van der Waals surface area contributed by atoms with Crippen LogP contribution in [0.3, 0.4) is 0 Å². The number of hydrogen-bond acceptors (Lipinski definition) is 3. The van der Waals surface area contributed by atoms with Gasteiger partial charge in [0.1, 0.15) is 0 Å². The highest BCUT2D eigenvalue weighted by molar-refractivity contribution is 5.67. The Labute approximate surface area is 92.0 Å². The summed E-state index contributed by atoms with van der Waals surface area (Å²) in [5.74, 6) is 0.671. The van der Waals surface area contributed by atoms with Crippen molar-refractivity contribution >= 4 is 6.09 Å². The van der Waals surface area contributed by atoms with Crippen LogP contribution in [0.5, 0.6) is 0 Å². The van der Waals surface area contributed by atoms with E-state index in [0.29, 0.717) is 12.0 Å². The van der Waals surface area contributed by atoms with Gasteiger partial charge in [-0.1, -0.05) is 0 Å². The summed E-state index contributed by atoms with van der Waals surface area (Å²) in [6.45, 7) is 3.86. The van der Waals surface area contributed by atoms with E-state index < -0.39 is 0 Å². The largest absolute Gasteiger partial charge is 0.453 e. The van der Waals surface area contributed by atoms with Crippen molar-refractivity contribution in [2.45, 2.75) is 32.2 Å². The lowest BCUT2D eigenvalue weighted by atomic mass is 9.93. The van der Waals surface area contributed by atoms with E-state index in [0.717, 1.165) is 25.9 Å². The molecule has 0 saturated carbocycles. The highest BCUT2D eigenvalue weighted by atomic mass is 16.5. The van der Waals surface area contributed by atoms with Crippen LogP contribution in [0.15, 0.2) is 0 Å². The van der Waals surface area contributed by atoms with E-state index in [-0.39, 0.29) is 6.09 Å². The van der Waals surface area contributed by atoms with Gasteiger partial charge in [0.25, 0.3) is 0 Å². The first-order valence-corrected chi connectivity index (χ1v) is 5.69. The Bertz CT molecular complexity index is 209. The van der Waals surface area contributed by atoms with Crippen molar-refractivity contribution in [1.82, 2.24) is 10.2 Å². The van der Waals surface area contributed by atoms with Gasteiger partial charge in [0.2, 0.25) is 0 Å². The molecule has 1 aliphatic heterocycles. The molecule has 1 rings (SSSR count).